The van der Waals surface area contributed by atoms with Gasteiger partial charge < -0.3 is 18.9 Å². The average Bonchev–Trinajstić information content (AvgIpc) is 0.683. The van der Waals surface area contributed by atoms with Gasteiger partial charge in [0.2, 0.25) is 0 Å². The Morgan fingerprint density at radius 3 is 0.430 bits per heavy atom. The number of carbonyl (C=O) groups is 4. The van der Waals surface area contributed by atoms with Gasteiger partial charge >= 0.3 is 202 Å². The van der Waals surface area contributed by atoms with Crippen LogP contribution in [-0.2, 0) is 38.1 Å². The summed E-state index contributed by atoms with van der Waals surface area (Å²) in [7, 11) is 0. The fraction of sp³-hybridized carbons (Fsp3) is 0.864. The van der Waals surface area contributed by atoms with E-state index in [0.29, 0.717) is 0 Å². The van der Waals surface area contributed by atoms with Gasteiger partial charge in [-0.2, -0.15) is 272 Å². The summed E-state index contributed by atoms with van der Waals surface area (Å²) in [5, 5.41) is 0. The minimum absolute atomic E-state index is 0.296. The van der Waals surface area contributed by atoms with Crippen molar-refractivity contribution in [1.29, 1.82) is 0 Å². The maximum Gasteiger partial charge on any atom is 0.460 e. The molecule has 0 rings (SSSR count). The van der Waals surface area contributed by atoms with Crippen molar-refractivity contribution >= 4 is 23.9 Å². The molecular formula is C44H18F62O8. The van der Waals surface area contributed by atoms with Crippen molar-refractivity contribution in [3.63, 3.8) is 0 Å². The van der Waals surface area contributed by atoms with Crippen LogP contribution in [0.5, 0.6) is 0 Å². The zero-order valence-corrected chi connectivity index (χ0v) is 50.8. The Morgan fingerprint density at radius 1 is 0.202 bits per heavy atom. The summed E-state index contributed by atoms with van der Waals surface area (Å²) in [5.41, 5.74) is 0. The molecule has 676 valence electrons. The first-order valence-electron chi connectivity index (χ1n) is 25.6. The zero-order valence-electron chi connectivity index (χ0n) is 50.8. The quantitative estimate of drug-likeness (QED) is 0.0261. The number of halogens is 62. The maximum absolute atomic E-state index is 14.8. The number of alkyl halides is 62. The Hall–Kier alpha value is -6.72. The minimum Gasteiger partial charge on any atom is -0.459 e. The summed E-state index contributed by atoms with van der Waals surface area (Å²) >= 11 is 0. The molecule has 0 amide bonds. The van der Waals surface area contributed by atoms with Crippen molar-refractivity contribution in [3.05, 3.63) is 12.2 Å². The van der Waals surface area contributed by atoms with E-state index in [0.717, 1.165) is 0 Å². The molecule has 2 unspecified atom stereocenters. The lowest BCUT2D eigenvalue weighted by molar-refractivity contribution is -0.489. The third kappa shape index (κ3) is 14.8. The second-order valence-electron chi connectivity index (χ2n) is 21.8. The summed E-state index contributed by atoms with van der Waals surface area (Å²) in [6.07, 6.45) is -35.5. The van der Waals surface area contributed by atoms with Gasteiger partial charge in [0.15, 0.2) is 0 Å². The van der Waals surface area contributed by atoms with E-state index in [1.807, 2.05) is 0 Å². The molecule has 70 heteroatoms. The Kier molecular flexibility index (Phi) is 27.4. The Balaban J connectivity index is 7.33. The smallest absolute Gasteiger partial charge is 0.459 e. The average molecular weight is 1850 g/mol. The van der Waals surface area contributed by atoms with Gasteiger partial charge in [-0.05, 0) is 0 Å². The molecule has 8 nitrogen and oxygen atoms in total. The SMILES string of the molecule is CC(=O)OC(COC(=O)/C=C\C(=O)OCC(CC(F)(F)C(F)(F)C(F)(F)C(F)(F)C(F)(F)C(F)(F)C(F)(F)C(F)(F)C(F)(F)C(F)(F)C(F)(F)C(F)(F)C(F)(F)C(F)(F)C(F)(F)F)OC(C)=O)CC(F)(F)C(F)(F)C(F)(F)C(F)(F)C(F)(F)C(F)(F)C(F)(F)C(F)(F)C(F)(F)C(F)(F)C(F)(F)C(F)(F)C(F)(F)C(F)(F)C(F)(F)F. The molecule has 0 aliphatic heterocycles. The van der Waals surface area contributed by atoms with Crippen molar-refractivity contribution in [2.45, 2.75) is 217 Å². The van der Waals surface area contributed by atoms with Crippen LogP contribution in [-0.4, -0.2) is 227 Å². The van der Waals surface area contributed by atoms with Crippen LogP contribution < -0.4 is 0 Å². The fourth-order valence-corrected chi connectivity index (χ4v) is 7.30. The molecule has 0 saturated carbocycles. The molecule has 0 aromatic carbocycles. The molecule has 0 heterocycles. The third-order valence-corrected chi connectivity index (χ3v) is 13.9. The van der Waals surface area contributed by atoms with Crippen LogP contribution in [0.3, 0.4) is 0 Å². The van der Waals surface area contributed by atoms with Crippen LogP contribution in [0.4, 0.5) is 272 Å². The Bertz CT molecular complexity index is 3250. The fourth-order valence-electron chi connectivity index (χ4n) is 7.30. The second kappa shape index (κ2) is 29.1. The van der Waals surface area contributed by atoms with E-state index >= 15 is 0 Å². The van der Waals surface area contributed by atoms with Gasteiger partial charge in [0.1, 0.15) is 25.4 Å². The van der Waals surface area contributed by atoms with Crippen LogP contribution in [0.2, 0.25) is 0 Å². The number of hydrogen-bond acceptors (Lipinski definition) is 8. The van der Waals surface area contributed by atoms with Gasteiger partial charge in [-0.1, -0.05) is 0 Å². The number of carbonyl (C=O) groups excluding carboxylic acids is 4. The first-order chi connectivity index (χ1) is 48.6. The lowest BCUT2D eigenvalue weighted by Gasteiger charge is -2.46. The van der Waals surface area contributed by atoms with Crippen LogP contribution in [0, 0.1) is 0 Å². The highest BCUT2D eigenvalue weighted by Gasteiger charge is 3.04. The van der Waals surface area contributed by atoms with E-state index in [-0.39, 0.29) is 13.8 Å². The topological polar surface area (TPSA) is 105 Å². The lowest BCUT2D eigenvalue weighted by Crippen LogP contribution is -2.79. The predicted octanol–water partition coefficient (Wildman–Crippen LogP) is 20.2. The van der Waals surface area contributed by atoms with Gasteiger partial charge in [-0.25, -0.2) is 9.59 Å². The van der Waals surface area contributed by atoms with Gasteiger partial charge in [-0.15, -0.1) is 0 Å². The number of rotatable bonds is 38. The molecule has 0 N–H and O–H groups in total. The van der Waals surface area contributed by atoms with Crippen molar-refractivity contribution in [2.24, 2.45) is 0 Å². The molecule has 0 saturated heterocycles. The monoisotopic (exact) mass is 1850 g/mol. The second-order valence-corrected chi connectivity index (χ2v) is 21.8. The zero-order chi connectivity index (χ0) is 93.5. The highest BCUT2D eigenvalue weighted by atomic mass is 19.5. The van der Waals surface area contributed by atoms with Gasteiger partial charge in [0.05, 0.1) is 12.8 Å². The minimum atomic E-state index is -10.5. The van der Waals surface area contributed by atoms with Crippen LogP contribution >= 0.6 is 0 Å². The molecule has 0 spiro atoms. The molecule has 114 heavy (non-hydrogen) atoms. The highest BCUT2D eigenvalue weighted by Crippen LogP contribution is 2.73. The normalized spacial score (nSPS) is 16.9. The highest BCUT2D eigenvalue weighted by molar-refractivity contribution is 5.91. The Labute approximate surface area is 577 Å². The van der Waals surface area contributed by atoms with Gasteiger partial charge in [0, 0.05) is 26.0 Å². The lowest BCUT2D eigenvalue weighted by atomic mass is 9.83. The summed E-state index contributed by atoms with van der Waals surface area (Å²) in [4.78, 5) is 46.7. The van der Waals surface area contributed by atoms with E-state index in [4.69, 9.17) is 0 Å². The number of esters is 4. The van der Waals surface area contributed by atoms with E-state index in [1.165, 1.54) is 0 Å². The number of hydrogen-bond donors (Lipinski definition) is 0. The van der Waals surface area contributed by atoms with E-state index in [2.05, 4.69) is 18.9 Å². The molecule has 0 aromatic rings. The summed E-state index contributed by atoms with van der Waals surface area (Å²) < 4.78 is 881. The van der Waals surface area contributed by atoms with Crippen molar-refractivity contribution in [1.82, 2.24) is 0 Å². The molecule has 0 fully saturated rings. The summed E-state index contributed by atoms with van der Waals surface area (Å²) in [6, 6.07) is 0. The van der Waals surface area contributed by atoms with Gasteiger partial charge in [0.25, 0.3) is 0 Å². The van der Waals surface area contributed by atoms with Gasteiger partial charge in [-0.3, -0.25) is 9.59 Å². The number of ether oxygens (including phenoxy) is 4. The van der Waals surface area contributed by atoms with Crippen molar-refractivity contribution in [3.8, 4) is 0 Å². The van der Waals surface area contributed by atoms with E-state index in [9.17, 15) is 291 Å². The van der Waals surface area contributed by atoms with E-state index in [1.54, 1.807) is 0 Å². The largest absolute Gasteiger partial charge is 0.460 e. The standard InChI is InChI=1S/C44H18F62O8/c1-9(107)113-11(5-15(45,46)17(49,50)19(53,54)21(57,58)23(61,62)25(65,66)27(69,70)29(73,74)31(77,78)33(81,82)35(85,86)37(89,90)39(93,94)41(97,98)43(101,102)103)7-111-13(109)3-4-14(110)112-8-12(114-10(2)108)6-16(47,48)18(51,52)20(55,56)22(59,60)24(63,64)26(67,68)28(71,72)30(75,76)32(79,80)34(83,84)36(87,88)38(91,92)40(95,96)42(99,100)44(104,105)106/h3-4,11-12H,5-8H2,1-2H3/b4-3-. The van der Waals surface area contributed by atoms with Crippen molar-refractivity contribution in [2.75, 3.05) is 13.2 Å². The maximum atomic E-state index is 14.8. The first-order valence-corrected chi connectivity index (χ1v) is 25.6. The molecule has 0 bridgehead atoms. The molecule has 2 atom stereocenters. The third-order valence-electron chi connectivity index (χ3n) is 13.9. The predicted molar refractivity (Wildman–Crippen MR) is 222 cm³/mol. The Morgan fingerprint density at radius 2 is 0.316 bits per heavy atom. The molecule has 0 radical (unpaired) electrons. The first kappa shape index (κ1) is 107. The van der Waals surface area contributed by atoms with Crippen LogP contribution in [0.1, 0.15) is 26.7 Å². The molecule has 0 aliphatic carbocycles. The van der Waals surface area contributed by atoms with Crippen LogP contribution in [0.25, 0.3) is 0 Å². The molecule has 0 aromatic heterocycles. The van der Waals surface area contributed by atoms with Crippen LogP contribution in [0.15, 0.2) is 12.2 Å². The summed E-state index contributed by atoms with van der Waals surface area (Å²) in [6.45, 7) is -6.33. The van der Waals surface area contributed by atoms with Crippen molar-refractivity contribution < 1.29 is 310 Å². The van der Waals surface area contributed by atoms with E-state index < -0.39 is 252 Å². The molecule has 0 aliphatic rings. The molecular weight excluding hydrogens is 1830 g/mol. The summed E-state index contributed by atoms with van der Waals surface area (Å²) in [5.74, 6) is -287.